The van der Waals surface area contributed by atoms with Crippen molar-refractivity contribution in [3.63, 3.8) is 0 Å². The Morgan fingerprint density at radius 2 is 2.24 bits per heavy atom. The lowest BCUT2D eigenvalue weighted by Crippen LogP contribution is -2.25. The average molecular weight is 312 g/mol. The highest BCUT2D eigenvalue weighted by molar-refractivity contribution is 6.32. The number of halogens is 2. The maximum Gasteiger partial charge on any atom is 0.287 e. The normalized spacial score (nSPS) is 10.6. The summed E-state index contributed by atoms with van der Waals surface area (Å²) in [5.74, 6) is -0.279. The van der Waals surface area contributed by atoms with Crippen LogP contribution in [0.3, 0.4) is 0 Å². The average Bonchev–Trinajstić information content (AvgIpc) is 2.47. The fraction of sp³-hybridized carbons (Fsp3) is 0.286. The van der Waals surface area contributed by atoms with Crippen LogP contribution in [0.1, 0.15) is 5.56 Å². The Labute approximate surface area is 126 Å². The summed E-state index contributed by atoms with van der Waals surface area (Å²) in [6, 6.07) is 6.32. The van der Waals surface area contributed by atoms with Gasteiger partial charge in [0.1, 0.15) is 10.8 Å². The van der Waals surface area contributed by atoms with E-state index < -0.39 is 5.56 Å². The number of nitrogens with one attached hydrogen (secondary N) is 1. The van der Waals surface area contributed by atoms with Gasteiger partial charge >= 0.3 is 0 Å². The van der Waals surface area contributed by atoms with Gasteiger partial charge < -0.3 is 10.4 Å². The highest BCUT2D eigenvalue weighted by atomic mass is 35.5. The van der Waals surface area contributed by atoms with E-state index in [0.717, 1.165) is 10.2 Å². The lowest BCUT2D eigenvalue weighted by molar-refractivity contribution is 0.266. The van der Waals surface area contributed by atoms with Crippen LogP contribution < -0.4 is 10.9 Å². The van der Waals surface area contributed by atoms with E-state index in [-0.39, 0.29) is 24.0 Å². The first kappa shape index (κ1) is 15.5. The van der Waals surface area contributed by atoms with Crippen molar-refractivity contribution >= 4 is 17.3 Å². The number of hydrogen-bond acceptors (Lipinski definition) is 4. The van der Waals surface area contributed by atoms with E-state index in [0.29, 0.717) is 18.7 Å². The molecule has 2 rings (SSSR count). The molecule has 0 saturated heterocycles. The third-order valence-electron chi connectivity index (χ3n) is 2.91. The summed E-state index contributed by atoms with van der Waals surface area (Å²) in [6.07, 6.45) is 2.03. The van der Waals surface area contributed by atoms with Crippen molar-refractivity contribution in [2.75, 3.05) is 18.5 Å². The van der Waals surface area contributed by atoms with Crippen molar-refractivity contribution in [3.8, 4) is 0 Å². The van der Waals surface area contributed by atoms with Crippen LogP contribution in [0.4, 0.5) is 10.1 Å². The minimum Gasteiger partial charge on any atom is -0.394 e. The quantitative estimate of drug-likeness (QED) is 0.852. The molecule has 21 heavy (non-hydrogen) atoms. The van der Waals surface area contributed by atoms with Gasteiger partial charge in [0.05, 0.1) is 25.0 Å². The summed E-state index contributed by atoms with van der Waals surface area (Å²) in [5.41, 5.74) is 0.814. The molecule has 0 amide bonds. The van der Waals surface area contributed by atoms with Crippen LogP contribution in [-0.2, 0) is 13.0 Å². The second kappa shape index (κ2) is 7.19. The number of benzene rings is 1. The number of aliphatic hydroxyl groups is 1. The first-order valence-electron chi connectivity index (χ1n) is 6.46. The first-order chi connectivity index (χ1) is 10.1. The molecule has 0 spiro atoms. The van der Waals surface area contributed by atoms with Gasteiger partial charge in [-0.3, -0.25) is 4.79 Å². The van der Waals surface area contributed by atoms with Crippen molar-refractivity contribution in [1.82, 2.24) is 9.78 Å². The fourth-order valence-corrected chi connectivity index (χ4v) is 2.09. The number of aliphatic hydroxyl groups excluding tert-OH is 1. The monoisotopic (exact) mass is 311 g/mol. The van der Waals surface area contributed by atoms with Gasteiger partial charge in [-0.1, -0.05) is 23.7 Å². The number of nitrogens with zero attached hydrogens (tertiary/aromatic N) is 2. The molecule has 1 heterocycles. The highest BCUT2D eigenvalue weighted by Gasteiger charge is 2.08. The number of aromatic nitrogens is 2. The fourth-order valence-electron chi connectivity index (χ4n) is 1.88. The van der Waals surface area contributed by atoms with Crippen molar-refractivity contribution in [2.45, 2.75) is 13.0 Å². The van der Waals surface area contributed by atoms with Gasteiger partial charge in [0.2, 0.25) is 0 Å². The SMILES string of the molecule is O=c1c(Cl)c(NCCc2cccc(F)c2)cnn1CCO. The summed E-state index contributed by atoms with van der Waals surface area (Å²) in [6.45, 7) is 0.409. The van der Waals surface area contributed by atoms with Gasteiger partial charge in [-0.05, 0) is 24.1 Å². The maximum atomic E-state index is 13.0. The molecular weight excluding hydrogens is 297 g/mol. The Kier molecular flexibility index (Phi) is 5.30. The van der Waals surface area contributed by atoms with Crippen LogP contribution in [0, 0.1) is 5.82 Å². The van der Waals surface area contributed by atoms with E-state index in [2.05, 4.69) is 10.4 Å². The summed E-state index contributed by atoms with van der Waals surface area (Å²) in [4.78, 5) is 11.8. The molecule has 2 aromatic rings. The first-order valence-corrected chi connectivity index (χ1v) is 6.84. The Morgan fingerprint density at radius 1 is 1.43 bits per heavy atom. The number of rotatable bonds is 6. The van der Waals surface area contributed by atoms with Gasteiger partial charge in [-0.2, -0.15) is 5.10 Å². The summed E-state index contributed by atoms with van der Waals surface area (Å²) >= 11 is 5.96. The van der Waals surface area contributed by atoms with Gasteiger partial charge in [-0.25, -0.2) is 9.07 Å². The molecule has 0 bridgehead atoms. The molecule has 1 aromatic heterocycles. The van der Waals surface area contributed by atoms with Crippen LogP contribution in [0.2, 0.25) is 5.02 Å². The predicted molar refractivity (Wildman–Crippen MR) is 79.2 cm³/mol. The maximum absolute atomic E-state index is 13.0. The molecule has 0 radical (unpaired) electrons. The molecule has 5 nitrogen and oxygen atoms in total. The van der Waals surface area contributed by atoms with Crippen LogP contribution in [0.25, 0.3) is 0 Å². The van der Waals surface area contributed by atoms with Crippen LogP contribution in [0.15, 0.2) is 35.3 Å². The van der Waals surface area contributed by atoms with Crippen molar-refractivity contribution in [3.05, 3.63) is 57.2 Å². The molecule has 0 aliphatic carbocycles. The van der Waals surface area contributed by atoms with Crippen LogP contribution in [0.5, 0.6) is 0 Å². The Hall–Kier alpha value is -1.92. The molecular formula is C14H15ClFN3O2. The predicted octanol–water partition coefficient (Wildman–Crippen LogP) is 1.68. The van der Waals surface area contributed by atoms with E-state index in [1.807, 2.05) is 6.07 Å². The minimum atomic E-state index is -0.457. The van der Waals surface area contributed by atoms with Crippen molar-refractivity contribution < 1.29 is 9.50 Å². The zero-order valence-electron chi connectivity index (χ0n) is 11.2. The van der Waals surface area contributed by atoms with Crippen LogP contribution >= 0.6 is 11.6 Å². The summed E-state index contributed by atoms with van der Waals surface area (Å²) in [5, 5.41) is 15.7. The molecule has 2 N–H and O–H groups in total. The zero-order valence-corrected chi connectivity index (χ0v) is 12.0. The van der Waals surface area contributed by atoms with E-state index in [9.17, 15) is 9.18 Å². The second-order valence-corrected chi connectivity index (χ2v) is 4.81. The van der Waals surface area contributed by atoms with Crippen molar-refractivity contribution in [2.24, 2.45) is 0 Å². The minimum absolute atomic E-state index is 0.0256. The van der Waals surface area contributed by atoms with Gasteiger partial charge in [0, 0.05) is 6.54 Å². The largest absolute Gasteiger partial charge is 0.394 e. The van der Waals surface area contributed by atoms with Crippen molar-refractivity contribution in [1.29, 1.82) is 0 Å². The smallest absolute Gasteiger partial charge is 0.287 e. The molecule has 0 aliphatic rings. The second-order valence-electron chi connectivity index (χ2n) is 4.43. The highest BCUT2D eigenvalue weighted by Crippen LogP contribution is 2.15. The third-order valence-corrected chi connectivity index (χ3v) is 3.28. The van der Waals surface area contributed by atoms with E-state index in [1.54, 1.807) is 6.07 Å². The molecule has 0 atom stereocenters. The molecule has 112 valence electrons. The standard InChI is InChI=1S/C14H15ClFN3O2/c15-13-12(9-18-19(6-7-20)14(13)21)17-5-4-10-2-1-3-11(16)8-10/h1-3,8-9,17,20H,4-7H2. The van der Waals surface area contributed by atoms with Gasteiger partial charge in [0.15, 0.2) is 0 Å². The molecule has 1 aromatic carbocycles. The summed E-state index contributed by atoms with van der Waals surface area (Å²) in [7, 11) is 0. The molecule has 7 heteroatoms. The Balaban J connectivity index is 2.00. The molecule has 0 saturated carbocycles. The zero-order chi connectivity index (χ0) is 15.2. The third kappa shape index (κ3) is 4.03. The van der Waals surface area contributed by atoms with E-state index in [1.165, 1.54) is 18.3 Å². The Bertz CT molecular complexity index is 676. The van der Waals surface area contributed by atoms with E-state index in [4.69, 9.17) is 16.7 Å². The lowest BCUT2D eigenvalue weighted by Gasteiger charge is -2.09. The summed E-state index contributed by atoms with van der Waals surface area (Å²) < 4.78 is 14.1. The number of hydrogen-bond donors (Lipinski definition) is 2. The van der Waals surface area contributed by atoms with E-state index >= 15 is 0 Å². The lowest BCUT2D eigenvalue weighted by atomic mass is 10.1. The molecule has 0 aliphatic heterocycles. The van der Waals surface area contributed by atoms with Gasteiger partial charge in [0.25, 0.3) is 5.56 Å². The number of anilines is 1. The van der Waals surface area contributed by atoms with Crippen LogP contribution in [-0.4, -0.2) is 28.0 Å². The Morgan fingerprint density at radius 3 is 2.95 bits per heavy atom. The molecule has 0 fully saturated rings. The topological polar surface area (TPSA) is 67.2 Å². The molecule has 0 unspecified atom stereocenters. The van der Waals surface area contributed by atoms with Gasteiger partial charge in [-0.15, -0.1) is 0 Å².